The largest absolute Gasteiger partial charge is 0.481 e. The number of aliphatic carboxylic acids is 1. The summed E-state index contributed by atoms with van der Waals surface area (Å²) in [5.74, 6) is -1.52. The van der Waals surface area contributed by atoms with Crippen LogP contribution < -0.4 is 0 Å². The molecule has 8 heteroatoms. The summed E-state index contributed by atoms with van der Waals surface area (Å²) in [4.78, 5) is 20.0. The Morgan fingerprint density at radius 1 is 1.85 bits per heavy atom. The predicted molar refractivity (Wildman–Crippen MR) is 43.6 cm³/mol. The van der Waals surface area contributed by atoms with Crippen molar-refractivity contribution in [3.8, 4) is 0 Å². The molecule has 0 aliphatic carbocycles. The van der Waals surface area contributed by atoms with Gasteiger partial charge < -0.3 is 15.2 Å². The summed E-state index contributed by atoms with van der Waals surface area (Å²) >= 11 is 0.855. The van der Waals surface area contributed by atoms with E-state index in [1.807, 2.05) is 0 Å². The van der Waals surface area contributed by atoms with E-state index in [0.717, 1.165) is 11.8 Å². The van der Waals surface area contributed by atoms with Crippen LogP contribution in [0.25, 0.3) is 0 Å². The van der Waals surface area contributed by atoms with Crippen LogP contribution in [0.5, 0.6) is 0 Å². The van der Waals surface area contributed by atoms with Gasteiger partial charge in [-0.1, -0.05) is 5.10 Å². The Hall–Kier alpha value is -1.57. The molecule has 2 N–H and O–H groups in total. The third kappa shape index (κ3) is 2.44. The van der Waals surface area contributed by atoms with E-state index < -0.39 is 10.9 Å². The summed E-state index contributed by atoms with van der Waals surface area (Å²) < 4.78 is 0. The van der Waals surface area contributed by atoms with E-state index in [2.05, 4.69) is 10.2 Å². The number of carboxylic acids is 1. The molecule has 13 heavy (non-hydrogen) atoms. The highest BCUT2D eigenvalue weighted by atomic mass is 32.2. The monoisotopic (exact) mass is 203 g/mol. The van der Waals surface area contributed by atoms with Crippen molar-refractivity contribution in [2.75, 3.05) is 5.75 Å². The first-order valence-corrected chi connectivity index (χ1v) is 4.12. The second kappa shape index (κ2) is 3.90. The van der Waals surface area contributed by atoms with Crippen molar-refractivity contribution in [2.45, 2.75) is 4.90 Å². The molecule has 1 heterocycles. The Bertz CT molecular complexity index is 336. The van der Waals surface area contributed by atoms with Gasteiger partial charge in [0.05, 0.1) is 11.9 Å². The number of hydrogen-bond donors (Lipinski definition) is 2. The van der Waals surface area contributed by atoms with Crippen LogP contribution in [0.1, 0.15) is 0 Å². The number of aromatic nitrogens is 2. The first kappa shape index (κ1) is 9.52. The number of nitro groups is 1. The molecule has 7 nitrogen and oxygen atoms in total. The van der Waals surface area contributed by atoms with Crippen LogP contribution >= 0.6 is 11.8 Å². The Kier molecular flexibility index (Phi) is 2.85. The molecule has 0 saturated heterocycles. The van der Waals surface area contributed by atoms with Gasteiger partial charge in [0, 0.05) is 0 Å². The summed E-state index contributed by atoms with van der Waals surface area (Å²) in [6.07, 6.45) is 1.23. The maximum Gasteiger partial charge on any atom is 0.356 e. The molecule has 0 bridgehead atoms. The summed E-state index contributed by atoms with van der Waals surface area (Å²) in [7, 11) is 0. The molecule has 0 unspecified atom stereocenters. The van der Waals surface area contributed by atoms with Crippen LogP contribution in [-0.4, -0.2) is 31.9 Å². The van der Waals surface area contributed by atoms with E-state index in [1.165, 1.54) is 6.20 Å². The van der Waals surface area contributed by atoms with Crippen molar-refractivity contribution in [3.63, 3.8) is 0 Å². The number of rotatable bonds is 4. The van der Waals surface area contributed by atoms with Gasteiger partial charge in [-0.15, -0.1) is 16.9 Å². The van der Waals surface area contributed by atoms with Gasteiger partial charge in [-0.25, -0.2) is 0 Å². The van der Waals surface area contributed by atoms with Crippen LogP contribution in [0.3, 0.4) is 0 Å². The molecule has 0 spiro atoms. The Labute approximate surface area is 76.3 Å². The molecular weight excluding hydrogens is 198 g/mol. The van der Waals surface area contributed by atoms with Gasteiger partial charge >= 0.3 is 11.8 Å². The molecule has 0 aliphatic heterocycles. The second-order valence-electron chi connectivity index (χ2n) is 2.02. The van der Waals surface area contributed by atoms with Crippen LogP contribution in [0.2, 0.25) is 0 Å². The van der Waals surface area contributed by atoms with E-state index in [-0.39, 0.29) is 16.5 Å². The van der Waals surface area contributed by atoms with E-state index >= 15 is 0 Å². The molecule has 0 aromatic carbocycles. The molecule has 0 fully saturated rings. The molecule has 0 aliphatic rings. The smallest absolute Gasteiger partial charge is 0.356 e. The van der Waals surface area contributed by atoms with Crippen molar-refractivity contribution in [1.29, 1.82) is 0 Å². The molecular formula is C5H5N3O4S. The van der Waals surface area contributed by atoms with Crippen LogP contribution in [0, 0.1) is 10.1 Å². The second-order valence-corrected chi connectivity index (χ2v) is 3.04. The predicted octanol–water partition coefficient (Wildman–Crippen LogP) is 0.495. The molecule has 0 atom stereocenters. The van der Waals surface area contributed by atoms with Gasteiger partial charge in [-0.3, -0.25) is 4.79 Å². The van der Waals surface area contributed by atoms with E-state index in [4.69, 9.17) is 5.11 Å². The van der Waals surface area contributed by atoms with E-state index in [0.29, 0.717) is 0 Å². The molecule has 70 valence electrons. The number of carbonyl (C=O) groups is 1. The standard InChI is InChI=1S/C5H5N3O4S/c9-4(10)2-13-3-1-6-7-5(3)8(11)12/h1H,2H2,(H,6,7)(H,9,10). The number of H-pyrrole nitrogens is 1. The molecule has 1 aromatic rings. The summed E-state index contributed by atoms with van der Waals surface area (Å²) in [6.45, 7) is 0. The Morgan fingerprint density at radius 2 is 2.54 bits per heavy atom. The average Bonchev–Trinajstić information content (AvgIpc) is 2.47. The third-order valence-corrected chi connectivity index (χ3v) is 2.12. The lowest BCUT2D eigenvalue weighted by Crippen LogP contribution is -1.98. The SMILES string of the molecule is O=C(O)CSc1cn[nH]c1[N+](=O)[O-]. The fourth-order valence-corrected chi connectivity index (χ4v) is 1.31. The van der Waals surface area contributed by atoms with Crippen LogP contribution in [-0.2, 0) is 4.79 Å². The molecule has 0 radical (unpaired) electrons. The van der Waals surface area contributed by atoms with E-state index in [9.17, 15) is 14.9 Å². The fourth-order valence-electron chi connectivity index (χ4n) is 0.644. The normalized spacial score (nSPS) is 9.85. The summed E-state index contributed by atoms with van der Waals surface area (Å²) in [5, 5.41) is 24.2. The van der Waals surface area contributed by atoms with Gasteiger partial charge in [0.2, 0.25) is 0 Å². The zero-order valence-corrected chi connectivity index (χ0v) is 7.08. The van der Waals surface area contributed by atoms with Crippen molar-refractivity contribution in [3.05, 3.63) is 16.3 Å². The number of carboxylic acid groups (broad SMARTS) is 1. The lowest BCUT2D eigenvalue weighted by molar-refractivity contribution is -0.392. The quantitative estimate of drug-likeness (QED) is 0.418. The fraction of sp³-hybridized carbons (Fsp3) is 0.200. The maximum atomic E-state index is 10.3. The van der Waals surface area contributed by atoms with Gasteiger partial charge in [-0.05, 0) is 4.92 Å². The highest BCUT2D eigenvalue weighted by Crippen LogP contribution is 2.25. The van der Waals surface area contributed by atoms with Gasteiger partial charge in [-0.2, -0.15) is 0 Å². The third-order valence-electron chi connectivity index (χ3n) is 1.12. The molecule has 0 saturated carbocycles. The summed E-state index contributed by atoms with van der Waals surface area (Å²) in [5.41, 5.74) is 0. The first-order chi connectivity index (χ1) is 6.11. The minimum Gasteiger partial charge on any atom is -0.481 e. The van der Waals surface area contributed by atoms with E-state index in [1.54, 1.807) is 0 Å². The van der Waals surface area contributed by atoms with Crippen molar-refractivity contribution < 1.29 is 14.8 Å². The number of thioether (sulfide) groups is 1. The topological polar surface area (TPSA) is 109 Å². The maximum absolute atomic E-state index is 10.3. The van der Waals surface area contributed by atoms with Crippen molar-refractivity contribution >= 4 is 23.5 Å². The number of nitrogens with one attached hydrogen (secondary N) is 1. The lowest BCUT2D eigenvalue weighted by atomic mass is 10.6. The van der Waals surface area contributed by atoms with Crippen LogP contribution in [0.4, 0.5) is 5.82 Å². The Morgan fingerprint density at radius 3 is 3.08 bits per heavy atom. The minimum atomic E-state index is -1.03. The minimum absolute atomic E-state index is 0.222. The van der Waals surface area contributed by atoms with Gasteiger partial charge in [0.1, 0.15) is 4.90 Å². The van der Waals surface area contributed by atoms with Gasteiger partial charge in [0.25, 0.3) is 0 Å². The van der Waals surface area contributed by atoms with Crippen molar-refractivity contribution in [2.24, 2.45) is 0 Å². The van der Waals surface area contributed by atoms with Gasteiger partial charge in [0.15, 0.2) is 0 Å². The average molecular weight is 203 g/mol. The zero-order valence-electron chi connectivity index (χ0n) is 6.26. The molecule has 1 aromatic heterocycles. The molecule has 1 rings (SSSR count). The van der Waals surface area contributed by atoms with Crippen molar-refractivity contribution in [1.82, 2.24) is 10.2 Å². The first-order valence-electron chi connectivity index (χ1n) is 3.13. The number of nitrogens with zero attached hydrogens (tertiary/aromatic N) is 2. The number of aromatic amines is 1. The van der Waals surface area contributed by atoms with Crippen LogP contribution in [0.15, 0.2) is 11.1 Å². The summed E-state index contributed by atoms with van der Waals surface area (Å²) in [6, 6.07) is 0. The highest BCUT2D eigenvalue weighted by Gasteiger charge is 2.15. The Balaban J connectivity index is 2.71. The molecule has 0 amide bonds. The highest BCUT2D eigenvalue weighted by molar-refractivity contribution is 8.00. The zero-order chi connectivity index (χ0) is 9.84. The number of hydrogen-bond acceptors (Lipinski definition) is 5. The lowest BCUT2D eigenvalue weighted by Gasteiger charge is -1.93.